The van der Waals surface area contributed by atoms with Crippen molar-refractivity contribution >= 4 is 28.1 Å². The molecule has 1 aromatic carbocycles. The smallest absolute Gasteiger partial charge is 0.260 e. The Kier molecular flexibility index (Phi) is 6.56. The van der Waals surface area contributed by atoms with E-state index < -0.39 is 11.9 Å². The third-order valence-electron chi connectivity index (χ3n) is 7.54. The van der Waals surface area contributed by atoms with Gasteiger partial charge in [0.25, 0.3) is 11.5 Å². The largest absolute Gasteiger partial charge is 0.381 e. The van der Waals surface area contributed by atoms with E-state index in [4.69, 9.17) is 5.73 Å². The molecule has 1 amide bonds. The third kappa shape index (κ3) is 4.60. The number of carbonyl (C=O) groups excluding carboxylic acids is 1. The Hall–Kier alpha value is -4.91. The van der Waals surface area contributed by atoms with Gasteiger partial charge in [-0.3, -0.25) is 14.3 Å². The molecular weight excluding hydrogens is 504 g/mol. The molecule has 1 aliphatic carbocycles. The number of rotatable bonds is 4. The maximum Gasteiger partial charge on any atom is 0.260 e. The van der Waals surface area contributed by atoms with Gasteiger partial charge in [-0.1, -0.05) is 43.2 Å². The van der Waals surface area contributed by atoms with E-state index in [2.05, 4.69) is 32.3 Å². The molecule has 10 nitrogen and oxygen atoms in total. The average Bonchev–Trinajstić information content (AvgIpc) is 3.53. The van der Waals surface area contributed by atoms with Crippen molar-refractivity contribution in [2.75, 3.05) is 5.73 Å². The number of nitrogen functional groups attached to an aromatic ring is 1. The second-order valence-electron chi connectivity index (χ2n) is 10.3. The first kappa shape index (κ1) is 25.4. The van der Waals surface area contributed by atoms with Crippen LogP contribution < -0.4 is 16.6 Å². The quantitative estimate of drug-likeness (QED) is 0.338. The number of anilines is 1. The molecule has 0 spiro atoms. The van der Waals surface area contributed by atoms with Crippen LogP contribution in [0.25, 0.3) is 16.4 Å². The monoisotopic (exact) mass is 534 g/mol. The van der Waals surface area contributed by atoms with E-state index in [1.54, 1.807) is 29.3 Å². The van der Waals surface area contributed by atoms with E-state index >= 15 is 0 Å². The standard InChI is InChI=1S/C30H30N8O2/c1-19(34-29(39)26-27(31)35-37-15-7-14-32-28(26)37)24-16-22-9-6-8-21(13-12-20-17-33-36(2)18-20)25(22)30(40)38(24)23-10-4-3-5-11-23/h6-9,14-19,23H,3-5,10-11H2,1-2H3,(H2,31,35)(H,34,39). The number of hydrogen-bond acceptors (Lipinski definition) is 6. The van der Waals surface area contributed by atoms with Crippen LogP contribution in [0.15, 0.2) is 59.9 Å². The van der Waals surface area contributed by atoms with Gasteiger partial charge in [0.15, 0.2) is 11.5 Å². The van der Waals surface area contributed by atoms with Crippen molar-refractivity contribution < 1.29 is 4.79 Å². The minimum atomic E-state index is -0.477. The molecule has 0 radical (unpaired) electrons. The summed E-state index contributed by atoms with van der Waals surface area (Å²) in [6.45, 7) is 1.89. The molecule has 1 saturated carbocycles. The number of aryl methyl sites for hydroxylation is 1. The molecule has 0 aliphatic heterocycles. The number of fused-ring (bicyclic) bond motifs is 2. The molecule has 40 heavy (non-hydrogen) atoms. The number of nitrogens with zero attached hydrogens (tertiary/aromatic N) is 6. The van der Waals surface area contributed by atoms with Gasteiger partial charge in [-0.25, -0.2) is 9.50 Å². The minimum Gasteiger partial charge on any atom is -0.381 e. The van der Waals surface area contributed by atoms with E-state index in [1.165, 1.54) is 4.52 Å². The highest BCUT2D eigenvalue weighted by Crippen LogP contribution is 2.31. The van der Waals surface area contributed by atoms with Crippen LogP contribution >= 0.6 is 0 Å². The number of benzene rings is 1. The van der Waals surface area contributed by atoms with E-state index in [0.29, 0.717) is 16.6 Å². The summed E-state index contributed by atoms with van der Waals surface area (Å²) in [5.41, 5.74) is 8.80. The Balaban J connectivity index is 1.44. The summed E-state index contributed by atoms with van der Waals surface area (Å²) in [6, 6.07) is 8.99. The molecule has 5 aromatic rings. The molecule has 4 aromatic heterocycles. The lowest BCUT2D eigenvalue weighted by Gasteiger charge is -2.29. The number of hydrogen-bond donors (Lipinski definition) is 2. The van der Waals surface area contributed by atoms with Crippen LogP contribution in [-0.4, -0.2) is 34.9 Å². The van der Waals surface area contributed by atoms with Gasteiger partial charge < -0.3 is 15.6 Å². The van der Waals surface area contributed by atoms with Crippen LogP contribution in [0.3, 0.4) is 0 Å². The van der Waals surface area contributed by atoms with Crippen LogP contribution in [0, 0.1) is 11.8 Å². The molecule has 3 N–H and O–H groups in total. The Morgan fingerprint density at radius 3 is 2.77 bits per heavy atom. The number of nitrogens with two attached hydrogens (primary N) is 1. The molecule has 4 heterocycles. The first-order valence-electron chi connectivity index (χ1n) is 13.5. The average molecular weight is 535 g/mol. The molecule has 1 aliphatic rings. The maximum atomic E-state index is 14.3. The van der Waals surface area contributed by atoms with E-state index in [9.17, 15) is 9.59 Å². The van der Waals surface area contributed by atoms with Crippen molar-refractivity contribution in [1.82, 2.24) is 34.3 Å². The minimum absolute atomic E-state index is 0.0445. The summed E-state index contributed by atoms with van der Waals surface area (Å²) < 4.78 is 5.07. The van der Waals surface area contributed by atoms with Crippen molar-refractivity contribution in [1.29, 1.82) is 0 Å². The zero-order chi connectivity index (χ0) is 27.8. The molecule has 0 bridgehead atoms. The first-order valence-corrected chi connectivity index (χ1v) is 13.5. The molecule has 202 valence electrons. The highest BCUT2D eigenvalue weighted by Gasteiger charge is 2.26. The summed E-state index contributed by atoms with van der Waals surface area (Å²) in [6.07, 6.45) is 11.9. The zero-order valence-electron chi connectivity index (χ0n) is 22.5. The van der Waals surface area contributed by atoms with E-state index in [-0.39, 0.29) is 23.0 Å². The second-order valence-corrected chi connectivity index (χ2v) is 10.3. The van der Waals surface area contributed by atoms with Crippen molar-refractivity contribution in [2.45, 2.75) is 51.1 Å². The highest BCUT2D eigenvalue weighted by atomic mass is 16.2. The number of aromatic nitrogens is 6. The first-order chi connectivity index (χ1) is 19.4. The van der Waals surface area contributed by atoms with E-state index in [0.717, 1.165) is 48.7 Å². The Labute approximate surface area is 230 Å². The fourth-order valence-electron chi connectivity index (χ4n) is 5.64. The SMILES string of the molecule is CC(NC(=O)c1c(N)nn2cccnc12)c1cc2cccc(C#Cc3cnn(C)c3)c2c(=O)n1C1CCCCC1. The van der Waals surface area contributed by atoms with Gasteiger partial charge in [-0.2, -0.15) is 5.10 Å². The van der Waals surface area contributed by atoms with Crippen molar-refractivity contribution in [3.8, 4) is 11.8 Å². The van der Waals surface area contributed by atoms with Gasteiger partial charge in [0.05, 0.1) is 23.2 Å². The number of pyridine rings is 1. The molecule has 1 unspecified atom stereocenters. The molecule has 10 heteroatoms. The molecule has 0 saturated heterocycles. The lowest BCUT2D eigenvalue weighted by molar-refractivity contribution is 0.0940. The summed E-state index contributed by atoms with van der Waals surface area (Å²) in [7, 11) is 1.84. The van der Waals surface area contributed by atoms with Gasteiger partial charge >= 0.3 is 0 Å². The summed E-state index contributed by atoms with van der Waals surface area (Å²) in [5.74, 6) is 6.04. The fraction of sp³-hybridized carbons (Fsp3) is 0.300. The van der Waals surface area contributed by atoms with Gasteiger partial charge in [0.1, 0.15) is 5.56 Å². The Morgan fingerprint density at radius 2 is 2.00 bits per heavy atom. The van der Waals surface area contributed by atoms with Crippen molar-refractivity contribution in [3.05, 3.63) is 87.9 Å². The fourth-order valence-corrected chi connectivity index (χ4v) is 5.64. The lowest BCUT2D eigenvalue weighted by atomic mass is 9.93. The van der Waals surface area contributed by atoms with Crippen molar-refractivity contribution in [2.24, 2.45) is 7.05 Å². The van der Waals surface area contributed by atoms with E-state index in [1.807, 2.05) is 49.0 Å². The molecule has 1 atom stereocenters. The maximum absolute atomic E-state index is 14.3. The number of amides is 1. The van der Waals surface area contributed by atoms with Crippen LogP contribution in [0.2, 0.25) is 0 Å². The molecular formula is C30H30N8O2. The van der Waals surface area contributed by atoms with Gasteiger partial charge in [-0.15, -0.1) is 5.10 Å². The van der Waals surface area contributed by atoms with Crippen LogP contribution in [0.5, 0.6) is 0 Å². The van der Waals surface area contributed by atoms with Crippen LogP contribution in [0.4, 0.5) is 5.82 Å². The van der Waals surface area contributed by atoms with Gasteiger partial charge in [0.2, 0.25) is 0 Å². The molecule has 6 rings (SSSR count). The zero-order valence-corrected chi connectivity index (χ0v) is 22.5. The predicted octanol–water partition coefficient (Wildman–Crippen LogP) is 3.76. The topological polar surface area (TPSA) is 125 Å². The summed E-state index contributed by atoms with van der Waals surface area (Å²) >= 11 is 0. The predicted molar refractivity (Wildman–Crippen MR) is 153 cm³/mol. The molecule has 1 fully saturated rings. The number of carbonyl (C=O) groups is 1. The normalized spacial score (nSPS) is 14.7. The van der Waals surface area contributed by atoms with Crippen LogP contribution in [-0.2, 0) is 7.05 Å². The Morgan fingerprint density at radius 1 is 1.18 bits per heavy atom. The van der Waals surface area contributed by atoms with Crippen molar-refractivity contribution in [3.63, 3.8) is 0 Å². The highest BCUT2D eigenvalue weighted by molar-refractivity contribution is 6.04. The summed E-state index contributed by atoms with van der Waals surface area (Å²) in [5, 5.41) is 12.8. The van der Waals surface area contributed by atoms with Gasteiger partial charge in [0, 0.05) is 42.9 Å². The van der Waals surface area contributed by atoms with Gasteiger partial charge in [-0.05, 0) is 43.4 Å². The number of nitrogens with one attached hydrogen (secondary N) is 1. The third-order valence-corrected chi connectivity index (χ3v) is 7.54. The second kappa shape index (κ2) is 10.3. The summed E-state index contributed by atoms with van der Waals surface area (Å²) in [4.78, 5) is 32.0. The lowest BCUT2D eigenvalue weighted by Crippen LogP contribution is -2.35. The van der Waals surface area contributed by atoms with Crippen LogP contribution in [0.1, 0.15) is 78.3 Å². The Bertz CT molecular complexity index is 1860.